The van der Waals surface area contributed by atoms with Crippen LogP contribution < -0.4 is 19.8 Å². The van der Waals surface area contributed by atoms with Crippen LogP contribution in [0.2, 0.25) is 0 Å². The van der Waals surface area contributed by atoms with E-state index in [9.17, 15) is 9.59 Å². The van der Waals surface area contributed by atoms with Gasteiger partial charge in [-0.3, -0.25) is 14.5 Å². The van der Waals surface area contributed by atoms with Gasteiger partial charge in [-0.1, -0.05) is 28.1 Å². The van der Waals surface area contributed by atoms with E-state index in [4.69, 9.17) is 13.9 Å². The summed E-state index contributed by atoms with van der Waals surface area (Å²) in [4.78, 5) is 33.4. The fraction of sp³-hybridized carbons (Fsp3) is 0.160. The normalized spacial score (nSPS) is 15.1. The van der Waals surface area contributed by atoms with Crippen LogP contribution in [-0.2, 0) is 0 Å². The number of anilines is 1. The number of nitrogens with zero attached hydrogens (tertiary/aromatic N) is 2. The number of amides is 1. The molecule has 1 unspecified atom stereocenters. The topological polar surface area (TPSA) is 81.9 Å². The summed E-state index contributed by atoms with van der Waals surface area (Å²) >= 11 is 3.41. The Hall–Kier alpha value is -3.65. The van der Waals surface area contributed by atoms with Crippen LogP contribution >= 0.6 is 15.9 Å². The molecular weight excluding hydrogens is 488 g/mol. The number of methoxy groups -OCH3 is 2. The number of aromatic nitrogens is 1. The first-order valence-electron chi connectivity index (χ1n) is 10.2. The van der Waals surface area contributed by atoms with Gasteiger partial charge in [0.1, 0.15) is 11.4 Å². The minimum Gasteiger partial charge on any atom is -0.493 e. The first kappa shape index (κ1) is 21.2. The van der Waals surface area contributed by atoms with E-state index in [2.05, 4.69) is 20.9 Å². The van der Waals surface area contributed by atoms with Crippen molar-refractivity contribution in [3.05, 3.63) is 91.9 Å². The summed E-state index contributed by atoms with van der Waals surface area (Å²) in [6, 6.07) is 15.1. The highest BCUT2D eigenvalue weighted by Gasteiger charge is 2.44. The number of aryl methyl sites for hydroxylation is 1. The summed E-state index contributed by atoms with van der Waals surface area (Å²) in [6.45, 7) is 1.85. The number of fused-ring (bicyclic) bond motifs is 2. The molecule has 0 spiro atoms. The van der Waals surface area contributed by atoms with E-state index in [1.54, 1.807) is 43.5 Å². The van der Waals surface area contributed by atoms with Crippen molar-refractivity contribution in [2.24, 2.45) is 0 Å². The summed E-state index contributed by atoms with van der Waals surface area (Å²) in [5, 5.41) is 0.389. The van der Waals surface area contributed by atoms with Crippen molar-refractivity contribution >= 4 is 38.6 Å². The Bertz CT molecular complexity index is 1480. The molecule has 7 nitrogen and oxygen atoms in total. The highest BCUT2D eigenvalue weighted by atomic mass is 79.9. The Balaban J connectivity index is 1.82. The molecule has 166 valence electrons. The zero-order chi connectivity index (χ0) is 23.3. The van der Waals surface area contributed by atoms with Crippen LogP contribution in [0, 0.1) is 6.92 Å². The summed E-state index contributed by atoms with van der Waals surface area (Å²) in [5.74, 6) is 1.04. The molecule has 1 aliphatic heterocycles. The van der Waals surface area contributed by atoms with Gasteiger partial charge in [-0.05, 0) is 55.0 Å². The third-order valence-corrected chi connectivity index (χ3v) is 6.17. The SMILES string of the molecule is COc1ccc(C2c3c(oc4ccc(Br)cc4c3=O)C(=O)N2c2cccc(C)n2)cc1OC. The standard InChI is InChI=1S/C25H19BrN2O5/c1-13-5-4-6-20(27-13)28-22(14-7-9-18(31-2)19(11-14)32-3)21-23(29)16-12-15(26)8-10-17(16)33-24(21)25(28)30/h4-12,22H,1-3H3. The molecule has 2 aromatic heterocycles. The third kappa shape index (κ3) is 3.38. The zero-order valence-corrected chi connectivity index (χ0v) is 19.7. The Kier molecular flexibility index (Phi) is 5.17. The molecular formula is C25H19BrN2O5. The maximum absolute atomic E-state index is 13.7. The van der Waals surface area contributed by atoms with Gasteiger partial charge < -0.3 is 13.9 Å². The number of hydrogen-bond acceptors (Lipinski definition) is 6. The number of carbonyl (C=O) groups is 1. The molecule has 0 N–H and O–H groups in total. The minimum absolute atomic E-state index is 0.0120. The smallest absolute Gasteiger partial charge is 0.296 e. The lowest BCUT2D eigenvalue weighted by Gasteiger charge is -2.25. The maximum atomic E-state index is 13.7. The Morgan fingerprint density at radius 3 is 2.52 bits per heavy atom. The molecule has 4 aromatic rings. The fourth-order valence-corrected chi connectivity index (χ4v) is 4.54. The second-order valence-electron chi connectivity index (χ2n) is 7.64. The number of carbonyl (C=O) groups excluding carboxylic acids is 1. The van der Waals surface area contributed by atoms with E-state index < -0.39 is 11.9 Å². The van der Waals surface area contributed by atoms with Crippen LogP contribution in [0.1, 0.15) is 33.4 Å². The van der Waals surface area contributed by atoms with Crippen molar-refractivity contribution in [2.45, 2.75) is 13.0 Å². The molecule has 0 radical (unpaired) electrons. The molecule has 2 aromatic carbocycles. The van der Waals surface area contributed by atoms with Crippen LogP contribution in [0.15, 0.2) is 68.3 Å². The van der Waals surface area contributed by atoms with Crippen LogP contribution in [0.3, 0.4) is 0 Å². The highest BCUT2D eigenvalue weighted by Crippen LogP contribution is 2.42. The van der Waals surface area contributed by atoms with Gasteiger partial charge in [-0.25, -0.2) is 4.98 Å². The van der Waals surface area contributed by atoms with E-state index in [0.717, 1.165) is 10.2 Å². The molecule has 0 saturated heterocycles. The Morgan fingerprint density at radius 2 is 1.79 bits per heavy atom. The lowest BCUT2D eigenvalue weighted by atomic mass is 9.98. The molecule has 0 fully saturated rings. The van der Waals surface area contributed by atoms with Gasteiger partial charge in [0, 0.05) is 10.2 Å². The highest BCUT2D eigenvalue weighted by molar-refractivity contribution is 9.10. The fourth-order valence-electron chi connectivity index (χ4n) is 4.18. The van der Waals surface area contributed by atoms with E-state index in [1.165, 1.54) is 12.0 Å². The van der Waals surface area contributed by atoms with Crippen molar-refractivity contribution < 1.29 is 18.7 Å². The Labute approximate surface area is 197 Å². The van der Waals surface area contributed by atoms with E-state index in [1.807, 2.05) is 25.1 Å². The van der Waals surface area contributed by atoms with Gasteiger partial charge in [0.05, 0.1) is 31.2 Å². The van der Waals surface area contributed by atoms with Crippen molar-refractivity contribution in [3.8, 4) is 11.5 Å². The second kappa shape index (κ2) is 8.04. The Morgan fingerprint density at radius 1 is 1.00 bits per heavy atom. The van der Waals surface area contributed by atoms with Crippen LogP contribution in [0.4, 0.5) is 5.82 Å². The van der Waals surface area contributed by atoms with E-state index >= 15 is 0 Å². The molecule has 5 rings (SSSR count). The first-order chi connectivity index (χ1) is 15.9. The average Bonchev–Trinajstić information content (AvgIpc) is 3.11. The molecule has 1 atom stereocenters. The van der Waals surface area contributed by atoms with Crippen molar-refractivity contribution in [2.75, 3.05) is 19.1 Å². The molecule has 8 heteroatoms. The molecule has 0 aliphatic carbocycles. The van der Waals surface area contributed by atoms with Crippen LogP contribution in [0.25, 0.3) is 11.0 Å². The number of ether oxygens (including phenoxy) is 2. The van der Waals surface area contributed by atoms with Gasteiger partial charge in [-0.2, -0.15) is 0 Å². The predicted octanol–water partition coefficient (Wildman–Crippen LogP) is 5.03. The third-order valence-electron chi connectivity index (χ3n) is 5.68. The molecule has 3 heterocycles. The molecule has 1 amide bonds. The number of pyridine rings is 1. The zero-order valence-electron chi connectivity index (χ0n) is 18.1. The van der Waals surface area contributed by atoms with E-state index in [0.29, 0.717) is 33.8 Å². The van der Waals surface area contributed by atoms with Crippen molar-refractivity contribution in [3.63, 3.8) is 0 Å². The minimum atomic E-state index is -0.749. The summed E-state index contributed by atoms with van der Waals surface area (Å²) in [5.41, 5.74) is 1.76. The van der Waals surface area contributed by atoms with E-state index in [-0.39, 0.29) is 16.8 Å². The monoisotopic (exact) mass is 506 g/mol. The second-order valence-corrected chi connectivity index (χ2v) is 8.56. The van der Waals surface area contributed by atoms with Gasteiger partial charge in [-0.15, -0.1) is 0 Å². The summed E-state index contributed by atoms with van der Waals surface area (Å²) in [6.07, 6.45) is 0. The summed E-state index contributed by atoms with van der Waals surface area (Å²) in [7, 11) is 3.09. The lowest BCUT2D eigenvalue weighted by molar-refractivity contribution is 0.0970. The lowest BCUT2D eigenvalue weighted by Crippen LogP contribution is -2.30. The molecule has 33 heavy (non-hydrogen) atoms. The average molecular weight is 507 g/mol. The first-order valence-corrected chi connectivity index (χ1v) is 11.0. The maximum Gasteiger partial charge on any atom is 0.296 e. The number of hydrogen-bond donors (Lipinski definition) is 0. The van der Waals surface area contributed by atoms with Crippen LogP contribution in [0.5, 0.6) is 11.5 Å². The molecule has 0 saturated carbocycles. The van der Waals surface area contributed by atoms with Crippen molar-refractivity contribution in [1.82, 2.24) is 4.98 Å². The largest absolute Gasteiger partial charge is 0.493 e. The molecule has 0 bridgehead atoms. The quantitative estimate of drug-likeness (QED) is 0.386. The van der Waals surface area contributed by atoms with Crippen molar-refractivity contribution in [1.29, 1.82) is 0 Å². The van der Waals surface area contributed by atoms with Gasteiger partial charge >= 0.3 is 0 Å². The van der Waals surface area contributed by atoms with Crippen LogP contribution in [-0.4, -0.2) is 25.1 Å². The summed E-state index contributed by atoms with van der Waals surface area (Å²) < 4.78 is 17.6. The van der Waals surface area contributed by atoms with Gasteiger partial charge in [0.15, 0.2) is 16.9 Å². The number of rotatable bonds is 4. The van der Waals surface area contributed by atoms with Gasteiger partial charge in [0.2, 0.25) is 5.76 Å². The number of benzene rings is 2. The van der Waals surface area contributed by atoms with Gasteiger partial charge in [0.25, 0.3) is 5.91 Å². The predicted molar refractivity (Wildman–Crippen MR) is 127 cm³/mol. The number of halogens is 1. The molecule has 1 aliphatic rings.